The van der Waals surface area contributed by atoms with Crippen molar-refractivity contribution >= 4 is 11.8 Å². The smallest absolute Gasteiger partial charge is 0.260 e. The number of fused-ring (bicyclic) bond motifs is 1. The van der Waals surface area contributed by atoms with Crippen LogP contribution in [-0.4, -0.2) is 46.8 Å². The van der Waals surface area contributed by atoms with E-state index in [4.69, 9.17) is 9.47 Å². The van der Waals surface area contributed by atoms with E-state index in [9.17, 15) is 9.59 Å². The first-order chi connectivity index (χ1) is 15.5. The van der Waals surface area contributed by atoms with E-state index in [1.165, 1.54) is 0 Å². The highest BCUT2D eigenvalue weighted by Gasteiger charge is 2.35. The lowest BCUT2D eigenvalue weighted by molar-refractivity contribution is -0.135. The molecule has 0 saturated carbocycles. The average Bonchev–Trinajstić information content (AvgIpc) is 3.21. The fraction of sp³-hybridized carbons (Fsp3) is 0.292. The van der Waals surface area contributed by atoms with Crippen molar-refractivity contribution in [3.05, 3.63) is 77.6 Å². The van der Waals surface area contributed by atoms with Crippen molar-refractivity contribution < 1.29 is 19.1 Å². The van der Waals surface area contributed by atoms with Crippen molar-refractivity contribution in [1.82, 2.24) is 20.0 Å². The third-order valence-corrected chi connectivity index (χ3v) is 5.43. The fourth-order valence-electron chi connectivity index (χ4n) is 3.75. The number of aromatic nitrogens is 2. The standard InChI is InChI=1S/C24H26N4O4/c1-27-13-18-14-28(22(29)16-32-20-6-4-3-5-7-20)15-21(23(18)26-27)24(30)25-12-17-8-10-19(31-2)11-9-17/h3-11,13,21H,12,14-16H2,1-2H3,(H,25,30). The molecule has 1 aliphatic rings. The zero-order valence-electron chi connectivity index (χ0n) is 18.2. The van der Waals surface area contributed by atoms with E-state index in [-0.39, 0.29) is 25.0 Å². The van der Waals surface area contributed by atoms with Crippen LogP contribution in [0.5, 0.6) is 11.5 Å². The second-order valence-corrected chi connectivity index (χ2v) is 7.71. The Morgan fingerprint density at radius 1 is 1.09 bits per heavy atom. The minimum Gasteiger partial charge on any atom is -0.497 e. The first-order valence-corrected chi connectivity index (χ1v) is 10.4. The van der Waals surface area contributed by atoms with E-state index < -0.39 is 5.92 Å². The van der Waals surface area contributed by atoms with Gasteiger partial charge in [-0.1, -0.05) is 30.3 Å². The molecule has 8 nitrogen and oxygen atoms in total. The maximum Gasteiger partial charge on any atom is 0.260 e. The molecule has 0 aliphatic carbocycles. The molecule has 0 bridgehead atoms. The Morgan fingerprint density at radius 2 is 1.84 bits per heavy atom. The lowest BCUT2D eigenvalue weighted by atomic mass is 9.95. The number of hydrogen-bond acceptors (Lipinski definition) is 5. The number of amides is 2. The third-order valence-electron chi connectivity index (χ3n) is 5.43. The van der Waals surface area contributed by atoms with E-state index in [1.54, 1.807) is 28.8 Å². The van der Waals surface area contributed by atoms with Gasteiger partial charge in [-0.3, -0.25) is 14.3 Å². The molecule has 1 aromatic heterocycles. The predicted molar refractivity (Wildman–Crippen MR) is 118 cm³/mol. The number of nitrogens with zero attached hydrogens (tertiary/aromatic N) is 3. The van der Waals surface area contributed by atoms with Gasteiger partial charge in [-0.15, -0.1) is 0 Å². The first kappa shape index (κ1) is 21.4. The average molecular weight is 434 g/mol. The summed E-state index contributed by atoms with van der Waals surface area (Å²) in [5, 5.41) is 7.46. The van der Waals surface area contributed by atoms with Crippen LogP contribution in [0.4, 0.5) is 0 Å². The number of methoxy groups -OCH3 is 1. The Morgan fingerprint density at radius 3 is 2.56 bits per heavy atom. The van der Waals surface area contributed by atoms with Gasteiger partial charge in [0.05, 0.1) is 18.7 Å². The molecule has 8 heteroatoms. The minimum absolute atomic E-state index is 0.0835. The first-order valence-electron chi connectivity index (χ1n) is 10.4. The van der Waals surface area contributed by atoms with Gasteiger partial charge in [0.25, 0.3) is 5.91 Å². The fourth-order valence-corrected chi connectivity index (χ4v) is 3.75. The van der Waals surface area contributed by atoms with Gasteiger partial charge >= 0.3 is 0 Å². The molecule has 0 spiro atoms. The van der Waals surface area contributed by atoms with Crippen LogP contribution in [0.15, 0.2) is 60.8 Å². The van der Waals surface area contributed by atoms with Gasteiger partial charge in [0.15, 0.2) is 6.61 Å². The van der Waals surface area contributed by atoms with Crippen LogP contribution in [0.1, 0.15) is 22.7 Å². The van der Waals surface area contributed by atoms with E-state index in [0.29, 0.717) is 24.5 Å². The highest BCUT2D eigenvalue weighted by atomic mass is 16.5. The highest BCUT2D eigenvalue weighted by Crippen LogP contribution is 2.27. The molecule has 1 N–H and O–H groups in total. The number of nitrogens with one attached hydrogen (secondary N) is 1. The molecule has 0 radical (unpaired) electrons. The van der Waals surface area contributed by atoms with Gasteiger partial charge in [-0.25, -0.2) is 0 Å². The van der Waals surface area contributed by atoms with Crippen LogP contribution >= 0.6 is 0 Å². The van der Waals surface area contributed by atoms with Crippen LogP contribution in [-0.2, 0) is 29.7 Å². The molecule has 0 fully saturated rings. The summed E-state index contributed by atoms with van der Waals surface area (Å²) in [6.45, 7) is 0.963. The van der Waals surface area contributed by atoms with Crippen molar-refractivity contribution in [1.29, 1.82) is 0 Å². The Kier molecular flexibility index (Phi) is 6.39. The molecule has 1 aliphatic heterocycles. The van der Waals surface area contributed by atoms with Gasteiger partial charge in [-0.05, 0) is 29.8 Å². The molecule has 2 aromatic carbocycles. The van der Waals surface area contributed by atoms with E-state index >= 15 is 0 Å². The number of para-hydroxylation sites is 1. The number of benzene rings is 2. The monoisotopic (exact) mass is 434 g/mol. The lowest BCUT2D eigenvalue weighted by Crippen LogP contribution is -2.45. The predicted octanol–water partition coefficient (Wildman–Crippen LogP) is 2.25. The van der Waals surface area contributed by atoms with E-state index in [2.05, 4.69) is 10.4 Å². The summed E-state index contributed by atoms with van der Waals surface area (Å²) in [5.41, 5.74) is 2.55. The topological polar surface area (TPSA) is 85.7 Å². The third kappa shape index (κ3) is 4.91. The summed E-state index contributed by atoms with van der Waals surface area (Å²) in [4.78, 5) is 27.5. The van der Waals surface area contributed by atoms with Crippen molar-refractivity contribution in [2.75, 3.05) is 20.3 Å². The minimum atomic E-state index is -0.543. The molecule has 2 amide bonds. The molecular formula is C24H26N4O4. The van der Waals surface area contributed by atoms with Gasteiger partial charge < -0.3 is 19.7 Å². The molecule has 1 unspecified atom stereocenters. The molecule has 0 saturated heterocycles. The molecular weight excluding hydrogens is 408 g/mol. The van der Waals surface area contributed by atoms with Crippen LogP contribution in [0, 0.1) is 0 Å². The summed E-state index contributed by atoms with van der Waals surface area (Å²) in [6.07, 6.45) is 1.86. The van der Waals surface area contributed by atoms with Gasteiger partial charge in [0.2, 0.25) is 5.91 Å². The largest absolute Gasteiger partial charge is 0.497 e. The van der Waals surface area contributed by atoms with Crippen molar-refractivity contribution in [2.24, 2.45) is 7.05 Å². The summed E-state index contributed by atoms with van der Waals surface area (Å²) < 4.78 is 12.5. The van der Waals surface area contributed by atoms with Crippen molar-refractivity contribution in [3.63, 3.8) is 0 Å². The summed E-state index contributed by atoms with van der Waals surface area (Å²) in [5.74, 6) is 0.517. The van der Waals surface area contributed by atoms with Gasteiger partial charge in [0, 0.05) is 38.4 Å². The molecule has 1 atom stereocenters. The number of aryl methyl sites for hydroxylation is 1. The lowest BCUT2D eigenvalue weighted by Gasteiger charge is -2.31. The Bertz CT molecular complexity index is 1080. The van der Waals surface area contributed by atoms with E-state index in [0.717, 1.165) is 16.9 Å². The van der Waals surface area contributed by atoms with Crippen LogP contribution < -0.4 is 14.8 Å². The van der Waals surface area contributed by atoms with Crippen molar-refractivity contribution in [2.45, 2.75) is 19.0 Å². The number of rotatable bonds is 7. The highest BCUT2D eigenvalue weighted by molar-refractivity contribution is 5.86. The second-order valence-electron chi connectivity index (χ2n) is 7.71. The summed E-state index contributed by atoms with van der Waals surface area (Å²) >= 11 is 0. The number of hydrogen-bond donors (Lipinski definition) is 1. The van der Waals surface area contributed by atoms with Crippen LogP contribution in [0.25, 0.3) is 0 Å². The van der Waals surface area contributed by atoms with E-state index in [1.807, 2.05) is 55.7 Å². The van der Waals surface area contributed by atoms with Crippen LogP contribution in [0.3, 0.4) is 0 Å². The molecule has 32 heavy (non-hydrogen) atoms. The van der Waals surface area contributed by atoms with Gasteiger partial charge in [-0.2, -0.15) is 5.10 Å². The number of carbonyl (C=O) groups excluding carboxylic acids is 2. The second kappa shape index (κ2) is 9.55. The summed E-state index contributed by atoms with van der Waals surface area (Å²) in [6, 6.07) is 16.7. The Labute approximate surface area is 186 Å². The van der Waals surface area contributed by atoms with Gasteiger partial charge in [0.1, 0.15) is 11.5 Å². The number of carbonyl (C=O) groups is 2. The Balaban J connectivity index is 1.42. The van der Waals surface area contributed by atoms with Crippen LogP contribution in [0.2, 0.25) is 0 Å². The Hall–Kier alpha value is -3.81. The maximum atomic E-state index is 13.1. The molecule has 3 aromatic rings. The SMILES string of the molecule is COc1ccc(CNC(=O)C2CN(C(=O)COc3ccccc3)Cc3cn(C)nc32)cc1. The molecule has 2 heterocycles. The number of ether oxygens (including phenoxy) is 2. The zero-order chi connectivity index (χ0) is 22.5. The maximum absolute atomic E-state index is 13.1. The quantitative estimate of drug-likeness (QED) is 0.617. The molecule has 4 rings (SSSR count). The normalized spacial score (nSPS) is 15.1. The van der Waals surface area contributed by atoms with Crippen molar-refractivity contribution in [3.8, 4) is 11.5 Å². The molecule has 166 valence electrons. The zero-order valence-corrected chi connectivity index (χ0v) is 18.2. The summed E-state index contributed by atoms with van der Waals surface area (Å²) in [7, 11) is 3.43.